The summed E-state index contributed by atoms with van der Waals surface area (Å²) in [5, 5.41) is 7.00. The third-order valence-electron chi connectivity index (χ3n) is 4.45. The lowest BCUT2D eigenvalue weighted by atomic mass is 10.0. The fraction of sp³-hybridized carbons (Fsp3) is 1.00. The summed E-state index contributed by atoms with van der Waals surface area (Å²) in [6.07, 6.45) is 22.8. The number of unbranched alkanes of at least 4 members (excludes halogenated alkanes) is 13. The topological polar surface area (TPSA) is 46.2 Å². The van der Waals surface area contributed by atoms with Gasteiger partial charge in [0.2, 0.25) is 0 Å². The second kappa shape index (κ2) is 51.0. The summed E-state index contributed by atoms with van der Waals surface area (Å²) in [6.45, 7) is 17.7. The molecule has 0 saturated carbocycles. The maximum absolute atomic E-state index is 7.00. The lowest BCUT2D eigenvalue weighted by molar-refractivity contribution is 0.399. The summed E-state index contributed by atoms with van der Waals surface area (Å²) >= 11 is 0. The molecule has 2 heteroatoms. The average Bonchev–Trinajstić information content (AvgIpc) is 2.78. The average molecular weight is 420 g/mol. The molecule has 0 heterocycles. The van der Waals surface area contributed by atoms with Crippen LogP contribution in [0.25, 0.3) is 0 Å². The Kier molecular flexibility index (Phi) is 69.3. The first-order valence-electron chi connectivity index (χ1n) is 13.4. The molecule has 1 unspecified atom stereocenters. The molecule has 0 aliphatic heterocycles. The fourth-order valence-corrected chi connectivity index (χ4v) is 2.81. The summed E-state index contributed by atoms with van der Waals surface area (Å²) < 4.78 is 0. The highest BCUT2D eigenvalue weighted by Crippen LogP contribution is 2.14. The largest absolute Gasteiger partial charge is 0.400 e. The third-order valence-corrected chi connectivity index (χ3v) is 4.45. The molecule has 0 spiro atoms. The molecule has 0 rings (SSSR count). The van der Waals surface area contributed by atoms with Crippen molar-refractivity contribution in [2.45, 2.75) is 158 Å². The molecule has 0 saturated heterocycles. The lowest BCUT2D eigenvalue weighted by Crippen LogP contribution is -2.10. The Labute approximate surface area is 188 Å². The van der Waals surface area contributed by atoms with Crippen LogP contribution in [0.1, 0.15) is 158 Å². The summed E-state index contributed by atoms with van der Waals surface area (Å²) in [7, 11) is 1.00. The van der Waals surface area contributed by atoms with Crippen LogP contribution in [0, 0.1) is 5.92 Å². The van der Waals surface area contributed by atoms with E-state index in [1.54, 1.807) is 0 Å². The molecule has 0 bridgehead atoms. The Morgan fingerprint density at radius 1 is 0.552 bits per heavy atom. The molecule has 0 fully saturated rings. The minimum atomic E-state index is 0.729. The number of aliphatic hydroxyl groups excluding tert-OH is 1. The van der Waals surface area contributed by atoms with Crippen LogP contribution >= 0.6 is 0 Å². The van der Waals surface area contributed by atoms with Gasteiger partial charge in [0.15, 0.2) is 0 Å². The molecule has 0 amide bonds. The molecule has 29 heavy (non-hydrogen) atoms. The zero-order valence-corrected chi connectivity index (χ0v) is 22.6. The van der Waals surface area contributed by atoms with Crippen LogP contribution in [-0.4, -0.2) is 18.8 Å². The number of hydrogen-bond acceptors (Lipinski definition) is 2. The molecule has 0 aliphatic carbocycles. The van der Waals surface area contributed by atoms with Crippen molar-refractivity contribution in [2.24, 2.45) is 11.7 Å². The van der Waals surface area contributed by atoms with Gasteiger partial charge in [-0.05, 0) is 18.9 Å². The second-order valence-electron chi connectivity index (χ2n) is 7.43. The second-order valence-corrected chi connectivity index (χ2v) is 7.43. The summed E-state index contributed by atoms with van der Waals surface area (Å²) in [4.78, 5) is 0. The van der Waals surface area contributed by atoms with E-state index < -0.39 is 0 Å². The number of nitrogens with two attached hydrogens (primary N) is 1. The van der Waals surface area contributed by atoms with E-state index in [1.807, 2.05) is 27.7 Å². The van der Waals surface area contributed by atoms with Crippen LogP contribution in [0.3, 0.4) is 0 Å². The van der Waals surface area contributed by atoms with Crippen molar-refractivity contribution >= 4 is 0 Å². The van der Waals surface area contributed by atoms with Crippen LogP contribution in [0.4, 0.5) is 0 Å². The van der Waals surface area contributed by atoms with Crippen LogP contribution in [0.15, 0.2) is 0 Å². The van der Waals surface area contributed by atoms with Gasteiger partial charge in [0.25, 0.3) is 0 Å². The van der Waals surface area contributed by atoms with Crippen LogP contribution < -0.4 is 5.73 Å². The van der Waals surface area contributed by atoms with E-state index in [4.69, 9.17) is 10.8 Å². The van der Waals surface area contributed by atoms with E-state index in [0.717, 1.165) is 19.6 Å². The Balaban J connectivity index is -0.000000184. The predicted octanol–water partition coefficient (Wildman–Crippen LogP) is 9.53. The van der Waals surface area contributed by atoms with Gasteiger partial charge in [0, 0.05) is 7.11 Å². The summed E-state index contributed by atoms with van der Waals surface area (Å²) in [5.41, 5.74) is 5.63. The van der Waals surface area contributed by atoms with Crippen molar-refractivity contribution in [2.75, 3.05) is 13.7 Å². The highest BCUT2D eigenvalue weighted by Gasteiger charge is 1.98. The normalized spacial score (nSPS) is 10.0. The van der Waals surface area contributed by atoms with Gasteiger partial charge in [-0.25, -0.2) is 0 Å². The van der Waals surface area contributed by atoms with Crippen molar-refractivity contribution in [3.8, 4) is 0 Å². The maximum Gasteiger partial charge on any atom is 0.0319 e. The maximum atomic E-state index is 7.00. The molecular formula is C27H65NO. The molecule has 0 aliphatic rings. The first kappa shape index (κ1) is 39.4. The molecule has 1 atom stereocenters. The van der Waals surface area contributed by atoms with E-state index in [-0.39, 0.29) is 0 Å². The standard InChI is InChI=1S/C19H41N.C3H8.2C2H6.CH4O/c1-3-4-5-6-7-8-9-10-11-12-13-14-15-16-17-19(2)18-20;1-3-2;3*1-2/h19H,3-18,20H2,1-2H3;3H2,1-2H3;2*1-2H3;2H,1H3. The van der Waals surface area contributed by atoms with Crippen molar-refractivity contribution in [3.05, 3.63) is 0 Å². The highest BCUT2D eigenvalue weighted by molar-refractivity contribution is 4.54. The van der Waals surface area contributed by atoms with Gasteiger partial charge in [-0.15, -0.1) is 0 Å². The van der Waals surface area contributed by atoms with E-state index in [2.05, 4.69) is 27.7 Å². The Bertz CT molecular complexity index is 185. The minimum absolute atomic E-state index is 0.729. The van der Waals surface area contributed by atoms with Crippen LogP contribution in [0.5, 0.6) is 0 Å². The van der Waals surface area contributed by atoms with E-state index in [0.29, 0.717) is 0 Å². The van der Waals surface area contributed by atoms with E-state index >= 15 is 0 Å². The Morgan fingerprint density at radius 2 is 0.793 bits per heavy atom. The molecule has 184 valence electrons. The molecule has 0 radical (unpaired) electrons. The summed E-state index contributed by atoms with van der Waals surface area (Å²) in [6, 6.07) is 0. The highest BCUT2D eigenvalue weighted by atomic mass is 16.2. The van der Waals surface area contributed by atoms with E-state index in [1.165, 1.54) is 103 Å². The molecule has 0 aromatic heterocycles. The van der Waals surface area contributed by atoms with Gasteiger partial charge in [-0.1, -0.05) is 152 Å². The predicted molar refractivity (Wildman–Crippen MR) is 140 cm³/mol. The van der Waals surface area contributed by atoms with Gasteiger partial charge in [0.1, 0.15) is 0 Å². The van der Waals surface area contributed by atoms with Gasteiger partial charge < -0.3 is 10.8 Å². The van der Waals surface area contributed by atoms with Gasteiger partial charge in [-0.3, -0.25) is 0 Å². The van der Waals surface area contributed by atoms with Gasteiger partial charge >= 0.3 is 0 Å². The molecular weight excluding hydrogens is 354 g/mol. The molecule has 3 N–H and O–H groups in total. The SMILES string of the molecule is CC.CC.CCC.CCCCCCCCCCCCCCCCC(C)CN.CO. The molecule has 2 nitrogen and oxygen atoms in total. The molecule has 0 aromatic carbocycles. The third kappa shape index (κ3) is 58.4. The Morgan fingerprint density at radius 3 is 1.03 bits per heavy atom. The van der Waals surface area contributed by atoms with Crippen molar-refractivity contribution in [1.29, 1.82) is 0 Å². The van der Waals surface area contributed by atoms with Gasteiger partial charge in [-0.2, -0.15) is 0 Å². The quantitative estimate of drug-likeness (QED) is 0.244. The smallest absolute Gasteiger partial charge is 0.0319 e. The number of hydrogen-bond donors (Lipinski definition) is 2. The fourth-order valence-electron chi connectivity index (χ4n) is 2.81. The van der Waals surface area contributed by atoms with Crippen LogP contribution in [-0.2, 0) is 0 Å². The zero-order chi connectivity index (χ0) is 23.6. The summed E-state index contributed by atoms with van der Waals surface area (Å²) in [5.74, 6) is 0.729. The minimum Gasteiger partial charge on any atom is -0.400 e. The van der Waals surface area contributed by atoms with E-state index in [9.17, 15) is 0 Å². The lowest BCUT2D eigenvalue weighted by Gasteiger charge is -2.07. The van der Waals surface area contributed by atoms with Crippen LogP contribution in [0.2, 0.25) is 0 Å². The van der Waals surface area contributed by atoms with Gasteiger partial charge in [0.05, 0.1) is 0 Å². The molecule has 0 aromatic rings. The number of aliphatic hydroxyl groups is 1. The zero-order valence-electron chi connectivity index (χ0n) is 22.6. The Hall–Kier alpha value is -0.0800. The monoisotopic (exact) mass is 420 g/mol. The first-order chi connectivity index (χ1) is 14.2. The first-order valence-corrected chi connectivity index (χ1v) is 13.4. The van der Waals surface area contributed by atoms with Crippen molar-refractivity contribution in [3.63, 3.8) is 0 Å². The number of rotatable bonds is 16. The van der Waals surface area contributed by atoms with Crippen molar-refractivity contribution < 1.29 is 5.11 Å². The van der Waals surface area contributed by atoms with Crippen molar-refractivity contribution in [1.82, 2.24) is 0 Å².